The summed E-state index contributed by atoms with van der Waals surface area (Å²) in [5, 5.41) is 3.85. The number of anilines is 1. The maximum Gasteiger partial charge on any atom is 0.247 e. The van der Waals surface area contributed by atoms with Gasteiger partial charge in [0.15, 0.2) is 5.16 Å². The third kappa shape index (κ3) is 5.03. The topological polar surface area (TPSA) is 69.0 Å². The number of rotatable bonds is 8. The minimum Gasteiger partial charge on any atom is -0.497 e. The van der Waals surface area contributed by atoms with Crippen molar-refractivity contribution >= 4 is 34.4 Å². The second-order valence-corrected chi connectivity index (χ2v) is 8.94. The molecule has 0 aliphatic heterocycles. The summed E-state index contributed by atoms with van der Waals surface area (Å²) in [6, 6.07) is 15.3. The summed E-state index contributed by atoms with van der Waals surface area (Å²) in [5.74, 6) is 1.38. The zero-order valence-electron chi connectivity index (χ0n) is 19.3. The van der Waals surface area contributed by atoms with Gasteiger partial charge in [-0.15, -0.1) is 0 Å². The summed E-state index contributed by atoms with van der Waals surface area (Å²) < 4.78 is 7.31. The Labute approximate surface area is 198 Å². The van der Waals surface area contributed by atoms with Gasteiger partial charge in [-0.05, 0) is 49.6 Å². The molecule has 33 heavy (non-hydrogen) atoms. The van der Waals surface area contributed by atoms with Crippen molar-refractivity contribution in [3.8, 4) is 5.75 Å². The van der Waals surface area contributed by atoms with Crippen molar-refractivity contribution in [2.75, 3.05) is 12.4 Å². The lowest BCUT2D eigenvalue weighted by Crippen LogP contribution is -2.26. The van der Waals surface area contributed by atoms with Gasteiger partial charge in [0.05, 0.1) is 24.3 Å². The van der Waals surface area contributed by atoms with E-state index in [1.807, 2.05) is 41.8 Å². The molecule has 2 aromatic carbocycles. The van der Waals surface area contributed by atoms with Gasteiger partial charge in [-0.25, -0.2) is 4.98 Å². The Morgan fingerprint density at radius 3 is 2.82 bits per heavy atom. The molecule has 0 fully saturated rings. The SMILES string of the molecule is CCC(C(=O)Nc1cccc(OC)c1)n1c(SCc2cc(C)ccc2C)nc2ccncc21. The fraction of sp³-hybridized carbons (Fsp3) is 0.269. The first-order valence-electron chi connectivity index (χ1n) is 11.0. The van der Waals surface area contributed by atoms with E-state index in [0.29, 0.717) is 17.9 Å². The van der Waals surface area contributed by atoms with Gasteiger partial charge < -0.3 is 14.6 Å². The fourth-order valence-electron chi connectivity index (χ4n) is 3.83. The second kappa shape index (κ2) is 10.1. The highest BCUT2D eigenvalue weighted by molar-refractivity contribution is 7.98. The summed E-state index contributed by atoms with van der Waals surface area (Å²) in [5.41, 5.74) is 6.14. The van der Waals surface area contributed by atoms with Crippen molar-refractivity contribution in [1.29, 1.82) is 0 Å². The molecule has 0 aliphatic carbocycles. The van der Waals surface area contributed by atoms with E-state index in [9.17, 15) is 4.79 Å². The van der Waals surface area contributed by atoms with E-state index in [2.05, 4.69) is 42.3 Å². The predicted octanol–water partition coefficient (Wildman–Crippen LogP) is 5.94. The summed E-state index contributed by atoms with van der Waals surface area (Å²) in [6.45, 7) is 6.24. The van der Waals surface area contributed by atoms with Crippen LogP contribution in [0.4, 0.5) is 5.69 Å². The van der Waals surface area contributed by atoms with Crippen molar-refractivity contribution in [3.63, 3.8) is 0 Å². The molecule has 1 N–H and O–H groups in total. The average molecular weight is 461 g/mol. The van der Waals surface area contributed by atoms with E-state index in [1.165, 1.54) is 16.7 Å². The zero-order valence-corrected chi connectivity index (χ0v) is 20.1. The van der Waals surface area contributed by atoms with Crippen LogP contribution in [0.15, 0.2) is 66.1 Å². The minimum atomic E-state index is -0.425. The monoisotopic (exact) mass is 460 g/mol. The highest BCUT2D eigenvalue weighted by Crippen LogP contribution is 2.32. The van der Waals surface area contributed by atoms with Crippen LogP contribution in [-0.4, -0.2) is 27.6 Å². The second-order valence-electron chi connectivity index (χ2n) is 7.99. The lowest BCUT2D eigenvalue weighted by molar-refractivity contribution is -0.119. The number of carbonyl (C=O) groups is 1. The molecule has 1 unspecified atom stereocenters. The highest BCUT2D eigenvalue weighted by atomic mass is 32.2. The molecule has 4 aromatic rings. The molecule has 0 aliphatic rings. The summed E-state index contributed by atoms with van der Waals surface area (Å²) in [7, 11) is 1.61. The molecule has 4 rings (SSSR count). The Bertz CT molecular complexity index is 1280. The quantitative estimate of drug-likeness (QED) is 0.330. The van der Waals surface area contributed by atoms with E-state index >= 15 is 0 Å². The summed E-state index contributed by atoms with van der Waals surface area (Å²) >= 11 is 1.65. The Hall–Kier alpha value is -3.32. The van der Waals surface area contributed by atoms with Crippen LogP contribution in [0.1, 0.15) is 36.1 Å². The van der Waals surface area contributed by atoms with Crippen LogP contribution in [0.2, 0.25) is 0 Å². The van der Waals surface area contributed by atoms with Crippen LogP contribution in [0.25, 0.3) is 11.0 Å². The summed E-state index contributed by atoms with van der Waals surface area (Å²) in [6.07, 6.45) is 4.13. The first-order chi connectivity index (χ1) is 16.0. The van der Waals surface area contributed by atoms with Crippen LogP contribution in [-0.2, 0) is 10.5 Å². The number of carbonyl (C=O) groups excluding carboxylic acids is 1. The number of hydrogen-bond acceptors (Lipinski definition) is 5. The van der Waals surface area contributed by atoms with Crippen molar-refractivity contribution in [3.05, 3.63) is 77.6 Å². The Morgan fingerprint density at radius 2 is 2.03 bits per heavy atom. The van der Waals surface area contributed by atoms with Crippen LogP contribution in [0, 0.1) is 13.8 Å². The standard InChI is InChI=1S/C26H28N4O2S/c1-5-23(25(31)28-20-7-6-8-21(14-20)32-4)30-24-15-27-12-11-22(24)29-26(30)33-16-19-13-17(2)9-10-18(19)3/h6-15,23H,5,16H2,1-4H3,(H,28,31). The Balaban J connectivity index is 1.66. The number of imidazole rings is 1. The minimum absolute atomic E-state index is 0.0949. The van der Waals surface area contributed by atoms with Crippen molar-refractivity contribution in [1.82, 2.24) is 14.5 Å². The number of pyridine rings is 1. The van der Waals surface area contributed by atoms with Gasteiger partial charge in [0.2, 0.25) is 5.91 Å². The molecule has 0 spiro atoms. The van der Waals surface area contributed by atoms with Gasteiger partial charge in [-0.3, -0.25) is 9.78 Å². The van der Waals surface area contributed by atoms with E-state index in [-0.39, 0.29) is 5.91 Å². The first kappa shape index (κ1) is 22.9. The number of amides is 1. The number of methoxy groups -OCH3 is 1. The highest BCUT2D eigenvalue weighted by Gasteiger charge is 2.25. The number of ether oxygens (including phenoxy) is 1. The third-order valence-electron chi connectivity index (χ3n) is 5.66. The molecule has 0 saturated carbocycles. The Kier molecular flexibility index (Phi) is 6.99. The third-order valence-corrected chi connectivity index (χ3v) is 6.66. The van der Waals surface area contributed by atoms with Crippen molar-refractivity contribution < 1.29 is 9.53 Å². The van der Waals surface area contributed by atoms with E-state index in [4.69, 9.17) is 9.72 Å². The largest absolute Gasteiger partial charge is 0.497 e. The molecular formula is C26H28N4O2S. The van der Waals surface area contributed by atoms with Crippen LogP contribution < -0.4 is 10.1 Å². The number of thioether (sulfide) groups is 1. The molecular weight excluding hydrogens is 432 g/mol. The molecule has 0 saturated heterocycles. The smallest absolute Gasteiger partial charge is 0.247 e. The lowest BCUT2D eigenvalue weighted by atomic mass is 10.1. The molecule has 2 heterocycles. The van der Waals surface area contributed by atoms with Crippen LogP contribution in [0.3, 0.4) is 0 Å². The number of nitrogens with zero attached hydrogens (tertiary/aromatic N) is 3. The molecule has 7 heteroatoms. The van der Waals surface area contributed by atoms with E-state index in [0.717, 1.165) is 21.9 Å². The number of nitrogens with one attached hydrogen (secondary N) is 1. The molecule has 2 aromatic heterocycles. The molecule has 0 bridgehead atoms. The summed E-state index contributed by atoms with van der Waals surface area (Å²) in [4.78, 5) is 22.5. The number of aromatic nitrogens is 3. The van der Waals surface area contributed by atoms with Gasteiger partial charge in [-0.1, -0.05) is 48.5 Å². The predicted molar refractivity (Wildman–Crippen MR) is 134 cm³/mol. The number of fused-ring (bicyclic) bond motifs is 1. The first-order valence-corrected chi connectivity index (χ1v) is 11.9. The molecule has 170 valence electrons. The molecule has 1 amide bonds. The number of hydrogen-bond donors (Lipinski definition) is 1. The van der Waals surface area contributed by atoms with E-state index in [1.54, 1.807) is 31.3 Å². The fourth-order valence-corrected chi connectivity index (χ4v) is 4.95. The van der Waals surface area contributed by atoms with E-state index < -0.39 is 6.04 Å². The molecule has 0 radical (unpaired) electrons. The average Bonchev–Trinajstić information content (AvgIpc) is 3.18. The van der Waals surface area contributed by atoms with Crippen LogP contribution >= 0.6 is 11.8 Å². The van der Waals surface area contributed by atoms with Gasteiger partial charge >= 0.3 is 0 Å². The number of benzene rings is 2. The van der Waals surface area contributed by atoms with Gasteiger partial charge in [0.1, 0.15) is 11.8 Å². The maximum absolute atomic E-state index is 13.4. The van der Waals surface area contributed by atoms with Gasteiger partial charge in [-0.2, -0.15) is 0 Å². The van der Waals surface area contributed by atoms with Crippen molar-refractivity contribution in [2.24, 2.45) is 0 Å². The van der Waals surface area contributed by atoms with Gasteiger partial charge in [0.25, 0.3) is 0 Å². The van der Waals surface area contributed by atoms with Crippen molar-refractivity contribution in [2.45, 2.75) is 44.1 Å². The maximum atomic E-state index is 13.4. The lowest BCUT2D eigenvalue weighted by Gasteiger charge is -2.20. The van der Waals surface area contributed by atoms with Crippen LogP contribution in [0.5, 0.6) is 5.75 Å². The van der Waals surface area contributed by atoms with Gasteiger partial charge in [0, 0.05) is 23.7 Å². The Morgan fingerprint density at radius 1 is 1.18 bits per heavy atom. The zero-order chi connectivity index (χ0) is 23.4. The normalized spacial score (nSPS) is 12.0. The number of aryl methyl sites for hydroxylation is 2. The molecule has 6 nitrogen and oxygen atoms in total. The molecule has 1 atom stereocenters.